The van der Waals surface area contributed by atoms with Crippen LogP contribution in [-0.2, 0) is 11.3 Å². The minimum absolute atomic E-state index is 0.131. The first kappa shape index (κ1) is 16.1. The lowest BCUT2D eigenvalue weighted by Crippen LogP contribution is -2.30. The van der Waals surface area contributed by atoms with Gasteiger partial charge in [-0.15, -0.1) is 0 Å². The van der Waals surface area contributed by atoms with Crippen LogP contribution in [0.1, 0.15) is 25.8 Å². The molecule has 1 aromatic carbocycles. The molecule has 0 unspecified atom stereocenters. The van der Waals surface area contributed by atoms with Crippen LogP contribution in [0.3, 0.4) is 0 Å². The standard InChI is InChI=1S/C16H24ClN3O/c1-12(2)10-18-11-13-9-14(17)3-4-15(13)20-7-5-16(21)19-6-8-20/h3-4,9,12,18H,5-8,10-11H2,1-2H3,(H,19,21). The molecule has 5 heteroatoms. The van der Waals surface area contributed by atoms with E-state index in [1.54, 1.807) is 0 Å². The molecule has 1 aliphatic rings. The van der Waals surface area contributed by atoms with Gasteiger partial charge in [0.2, 0.25) is 5.91 Å². The van der Waals surface area contributed by atoms with Crippen LogP contribution in [0.4, 0.5) is 5.69 Å². The molecule has 0 spiro atoms. The van der Waals surface area contributed by atoms with Gasteiger partial charge in [-0.3, -0.25) is 4.79 Å². The summed E-state index contributed by atoms with van der Waals surface area (Å²) in [6.45, 7) is 8.45. The maximum absolute atomic E-state index is 11.5. The number of halogens is 1. The first-order valence-electron chi connectivity index (χ1n) is 7.57. The molecule has 116 valence electrons. The second-order valence-electron chi connectivity index (χ2n) is 5.88. The van der Waals surface area contributed by atoms with Gasteiger partial charge in [-0.05, 0) is 36.2 Å². The van der Waals surface area contributed by atoms with E-state index in [9.17, 15) is 4.79 Å². The van der Waals surface area contributed by atoms with E-state index < -0.39 is 0 Å². The van der Waals surface area contributed by atoms with Crippen molar-refractivity contribution in [2.45, 2.75) is 26.8 Å². The van der Waals surface area contributed by atoms with Crippen molar-refractivity contribution in [3.63, 3.8) is 0 Å². The predicted octanol–water partition coefficient (Wildman–Crippen LogP) is 2.41. The van der Waals surface area contributed by atoms with Gasteiger partial charge in [-0.25, -0.2) is 0 Å². The summed E-state index contributed by atoms with van der Waals surface area (Å²) < 4.78 is 0. The van der Waals surface area contributed by atoms with Crippen molar-refractivity contribution < 1.29 is 4.79 Å². The summed E-state index contributed by atoms with van der Waals surface area (Å²) in [5, 5.41) is 7.13. The highest BCUT2D eigenvalue weighted by Gasteiger charge is 2.16. The molecule has 0 radical (unpaired) electrons. The Morgan fingerprint density at radius 2 is 2.19 bits per heavy atom. The van der Waals surface area contributed by atoms with E-state index in [0.717, 1.165) is 31.2 Å². The Morgan fingerprint density at radius 3 is 2.95 bits per heavy atom. The Morgan fingerprint density at radius 1 is 1.38 bits per heavy atom. The molecule has 0 aromatic heterocycles. The van der Waals surface area contributed by atoms with E-state index in [4.69, 9.17) is 11.6 Å². The second kappa shape index (κ2) is 7.66. The zero-order chi connectivity index (χ0) is 15.2. The molecule has 0 saturated carbocycles. The van der Waals surface area contributed by atoms with Crippen LogP contribution in [0.5, 0.6) is 0 Å². The lowest BCUT2D eigenvalue weighted by Gasteiger charge is -2.25. The number of rotatable bonds is 5. The molecular formula is C16H24ClN3O. The van der Waals surface area contributed by atoms with Gasteiger partial charge >= 0.3 is 0 Å². The summed E-state index contributed by atoms with van der Waals surface area (Å²) in [7, 11) is 0. The van der Waals surface area contributed by atoms with Gasteiger partial charge in [-0.1, -0.05) is 25.4 Å². The lowest BCUT2D eigenvalue weighted by molar-refractivity contribution is -0.120. The summed E-state index contributed by atoms with van der Waals surface area (Å²) in [5.74, 6) is 0.749. The minimum atomic E-state index is 0.131. The molecule has 0 bridgehead atoms. The van der Waals surface area contributed by atoms with Gasteiger partial charge in [-0.2, -0.15) is 0 Å². The molecule has 0 aliphatic carbocycles. The van der Waals surface area contributed by atoms with E-state index >= 15 is 0 Å². The third kappa shape index (κ3) is 4.90. The zero-order valence-corrected chi connectivity index (χ0v) is 13.5. The monoisotopic (exact) mass is 309 g/mol. The highest BCUT2D eigenvalue weighted by Crippen LogP contribution is 2.25. The highest BCUT2D eigenvalue weighted by molar-refractivity contribution is 6.30. The van der Waals surface area contributed by atoms with Gasteiger partial charge in [0.15, 0.2) is 0 Å². The Bertz CT molecular complexity index is 490. The fourth-order valence-corrected chi connectivity index (χ4v) is 2.70. The van der Waals surface area contributed by atoms with E-state index in [1.807, 2.05) is 12.1 Å². The molecule has 0 atom stereocenters. The highest BCUT2D eigenvalue weighted by atomic mass is 35.5. The zero-order valence-electron chi connectivity index (χ0n) is 12.8. The van der Waals surface area contributed by atoms with Crippen molar-refractivity contribution in [1.29, 1.82) is 0 Å². The number of amides is 1. The van der Waals surface area contributed by atoms with Crippen molar-refractivity contribution in [2.75, 3.05) is 31.1 Å². The van der Waals surface area contributed by atoms with Crippen LogP contribution in [0.15, 0.2) is 18.2 Å². The van der Waals surface area contributed by atoms with Crippen molar-refractivity contribution in [1.82, 2.24) is 10.6 Å². The topological polar surface area (TPSA) is 44.4 Å². The van der Waals surface area contributed by atoms with Crippen LogP contribution < -0.4 is 15.5 Å². The fraction of sp³-hybridized carbons (Fsp3) is 0.562. The van der Waals surface area contributed by atoms with Gasteiger partial charge in [0.25, 0.3) is 0 Å². The SMILES string of the molecule is CC(C)CNCc1cc(Cl)ccc1N1CCNC(=O)CC1. The molecule has 1 heterocycles. The van der Waals surface area contributed by atoms with Crippen LogP contribution in [0.25, 0.3) is 0 Å². The average Bonchev–Trinajstić information content (AvgIpc) is 2.63. The third-order valence-electron chi connectivity index (χ3n) is 3.56. The quantitative estimate of drug-likeness (QED) is 0.878. The van der Waals surface area contributed by atoms with E-state index in [0.29, 0.717) is 18.9 Å². The second-order valence-corrected chi connectivity index (χ2v) is 6.32. The van der Waals surface area contributed by atoms with E-state index in [2.05, 4.69) is 35.4 Å². The van der Waals surface area contributed by atoms with Gasteiger partial charge in [0, 0.05) is 43.3 Å². The third-order valence-corrected chi connectivity index (χ3v) is 3.80. The van der Waals surface area contributed by atoms with Crippen LogP contribution >= 0.6 is 11.6 Å². The van der Waals surface area contributed by atoms with E-state index in [1.165, 1.54) is 11.3 Å². The molecule has 1 saturated heterocycles. The fourth-order valence-electron chi connectivity index (χ4n) is 2.51. The van der Waals surface area contributed by atoms with Crippen molar-refractivity contribution in [3.8, 4) is 0 Å². The number of carbonyl (C=O) groups is 1. The maximum atomic E-state index is 11.5. The molecule has 1 aromatic rings. The first-order valence-corrected chi connectivity index (χ1v) is 7.95. The summed E-state index contributed by atoms with van der Waals surface area (Å²) in [6, 6.07) is 6.00. The minimum Gasteiger partial charge on any atom is -0.369 e. The summed E-state index contributed by atoms with van der Waals surface area (Å²) >= 11 is 6.14. The van der Waals surface area contributed by atoms with Gasteiger partial charge in [0.05, 0.1) is 0 Å². The number of benzene rings is 1. The molecule has 1 aliphatic heterocycles. The molecule has 21 heavy (non-hydrogen) atoms. The Labute approximate surface area is 131 Å². The normalized spacial score (nSPS) is 16.0. The lowest BCUT2D eigenvalue weighted by atomic mass is 10.1. The van der Waals surface area contributed by atoms with E-state index in [-0.39, 0.29) is 5.91 Å². The number of anilines is 1. The molecular weight excluding hydrogens is 286 g/mol. The van der Waals surface area contributed by atoms with Crippen LogP contribution in [0.2, 0.25) is 5.02 Å². The average molecular weight is 310 g/mol. The predicted molar refractivity (Wildman–Crippen MR) is 87.8 cm³/mol. The Hall–Kier alpha value is -1.26. The Balaban J connectivity index is 2.11. The number of hydrogen-bond donors (Lipinski definition) is 2. The molecule has 4 nitrogen and oxygen atoms in total. The van der Waals surface area contributed by atoms with Crippen LogP contribution in [0, 0.1) is 5.92 Å². The Kier molecular flexibility index (Phi) is 5.88. The molecule has 1 amide bonds. The smallest absolute Gasteiger partial charge is 0.221 e. The molecule has 1 fully saturated rings. The summed E-state index contributed by atoms with van der Waals surface area (Å²) in [4.78, 5) is 13.7. The number of nitrogens with zero attached hydrogens (tertiary/aromatic N) is 1. The van der Waals surface area contributed by atoms with Gasteiger partial charge < -0.3 is 15.5 Å². The number of carbonyl (C=O) groups excluding carboxylic acids is 1. The van der Waals surface area contributed by atoms with Crippen molar-refractivity contribution >= 4 is 23.2 Å². The van der Waals surface area contributed by atoms with Crippen molar-refractivity contribution in [2.24, 2.45) is 5.92 Å². The van der Waals surface area contributed by atoms with Crippen molar-refractivity contribution in [3.05, 3.63) is 28.8 Å². The van der Waals surface area contributed by atoms with Crippen LogP contribution in [-0.4, -0.2) is 32.1 Å². The number of nitrogens with one attached hydrogen (secondary N) is 2. The maximum Gasteiger partial charge on any atom is 0.221 e. The first-order chi connectivity index (χ1) is 10.1. The summed E-state index contributed by atoms with van der Waals surface area (Å²) in [5.41, 5.74) is 2.37. The largest absolute Gasteiger partial charge is 0.369 e. The number of hydrogen-bond acceptors (Lipinski definition) is 3. The molecule has 2 rings (SSSR count). The summed E-state index contributed by atoms with van der Waals surface area (Å²) in [6.07, 6.45) is 0.543. The van der Waals surface area contributed by atoms with Gasteiger partial charge in [0.1, 0.15) is 0 Å². The molecule has 2 N–H and O–H groups in total.